The van der Waals surface area contributed by atoms with Crippen LogP contribution in [0.15, 0.2) is 30.5 Å². The van der Waals surface area contributed by atoms with Gasteiger partial charge in [-0.2, -0.15) is 0 Å². The van der Waals surface area contributed by atoms with Crippen LogP contribution in [0.4, 0.5) is 0 Å². The molecular weight excluding hydrogens is 402 g/mol. The van der Waals surface area contributed by atoms with Crippen LogP contribution in [0.2, 0.25) is 0 Å². The predicted molar refractivity (Wildman–Crippen MR) is 113 cm³/mol. The summed E-state index contributed by atoms with van der Waals surface area (Å²) >= 11 is 0. The summed E-state index contributed by atoms with van der Waals surface area (Å²) in [6, 6.07) is 4.95. The van der Waals surface area contributed by atoms with Gasteiger partial charge in [0.2, 0.25) is 17.7 Å². The molecule has 1 aliphatic rings. The Labute approximate surface area is 179 Å². The van der Waals surface area contributed by atoms with Gasteiger partial charge in [-0.25, -0.2) is 4.79 Å². The van der Waals surface area contributed by atoms with Crippen molar-refractivity contribution in [3.05, 3.63) is 36.0 Å². The molecule has 10 nitrogen and oxygen atoms in total. The van der Waals surface area contributed by atoms with Crippen molar-refractivity contribution < 1.29 is 24.3 Å². The van der Waals surface area contributed by atoms with Crippen LogP contribution >= 0.6 is 0 Å². The van der Waals surface area contributed by atoms with Gasteiger partial charge < -0.3 is 31.4 Å². The number of nitrogens with zero attached hydrogens (tertiary/aromatic N) is 1. The topological polar surface area (TPSA) is 158 Å². The van der Waals surface area contributed by atoms with Crippen LogP contribution in [0.1, 0.15) is 25.3 Å². The Balaban J connectivity index is 1.56. The van der Waals surface area contributed by atoms with E-state index in [1.54, 1.807) is 13.1 Å². The molecule has 2 aromatic rings. The molecule has 1 aromatic heterocycles. The van der Waals surface area contributed by atoms with E-state index in [-0.39, 0.29) is 18.9 Å². The number of likely N-dealkylation sites (tertiary alicyclic amines) is 1. The third-order valence-corrected chi connectivity index (χ3v) is 5.38. The number of rotatable bonds is 8. The number of hydrogen-bond acceptors (Lipinski definition) is 5. The van der Waals surface area contributed by atoms with Crippen LogP contribution in [0.25, 0.3) is 10.9 Å². The molecule has 1 saturated heterocycles. The van der Waals surface area contributed by atoms with E-state index in [0.717, 1.165) is 16.5 Å². The van der Waals surface area contributed by atoms with Crippen molar-refractivity contribution in [1.29, 1.82) is 0 Å². The molecule has 1 aliphatic heterocycles. The number of nitrogens with one attached hydrogen (secondary N) is 3. The number of para-hydroxylation sites is 1. The lowest BCUT2D eigenvalue weighted by Crippen LogP contribution is -2.52. The number of aliphatic carboxylic acids is 1. The largest absolute Gasteiger partial charge is 0.480 e. The highest BCUT2D eigenvalue weighted by molar-refractivity contribution is 5.93. The first kappa shape index (κ1) is 22.3. The fraction of sp³-hybridized carbons (Fsp3) is 0.429. The lowest BCUT2D eigenvalue weighted by molar-refractivity contribution is -0.142. The van der Waals surface area contributed by atoms with Crippen molar-refractivity contribution >= 4 is 34.6 Å². The van der Waals surface area contributed by atoms with Gasteiger partial charge >= 0.3 is 5.97 Å². The van der Waals surface area contributed by atoms with Gasteiger partial charge in [0.25, 0.3) is 0 Å². The second kappa shape index (κ2) is 9.61. The molecule has 0 bridgehead atoms. The first-order valence-corrected chi connectivity index (χ1v) is 10.2. The number of carboxylic acid groups (broad SMARTS) is 1. The maximum Gasteiger partial charge on any atom is 0.326 e. The van der Waals surface area contributed by atoms with Crippen LogP contribution in [0, 0.1) is 0 Å². The summed E-state index contributed by atoms with van der Waals surface area (Å²) in [5, 5.41) is 15.4. The van der Waals surface area contributed by atoms with E-state index >= 15 is 0 Å². The van der Waals surface area contributed by atoms with E-state index in [1.807, 2.05) is 24.3 Å². The molecule has 2 heterocycles. The Hall–Kier alpha value is -3.40. The number of aromatic amines is 1. The number of aromatic nitrogens is 1. The SMILES string of the molecule is C[C@H](N)C(=O)N1CCC[C@H]1C(=O)NCC(=O)N[C@@H](Cc1c[nH]c2ccccc12)C(=O)O. The van der Waals surface area contributed by atoms with Gasteiger partial charge in [0, 0.05) is 30.1 Å². The molecule has 0 unspecified atom stereocenters. The standard InChI is InChI=1S/C21H27N5O5/c1-12(22)20(29)26-8-4-7-17(26)19(28)24-11-18(27)25-16(21(30)31)9-13-10-23-15-6-3-2-5-14(13)15/h2-3,5-6,10,12,16-17,23H,4,7-9,11,22H2,1H3,(H,24,28)(H,25,27)(H,30,31)/t12-,16-,17-/m0/s1. The van der Waals surface area contributed by atoms with Crippen LogP contribution in [-0.4, -0.2) is 69.9 Å². The predicted octanol–water partition coefficient (Wildman–Crippen LogP) is -0.266. The third kappa shape index (κ3) is 5.21. The minimum absolute atomic E-state index is 0.0956. The highest BCUT2D eigenvalue weighted by Crippen LogP contribution is 2.20. The van der Waals surface area contributed by atoms with Crippen molar-refractivity contribution in [3.63, 3.8) is 0 Å². The zero-order valence-electron chi connectivity index (χ0n) is 17.3. The van der Waals surface area contributed by atoms with Gasteiger partial charge in [0.15, 0.2) is 0 Å². The molecule has 1 fully saturated rings. The van der Waals surface area contributed by atoms with Crippen molar-refractivity contribution in [1.82, 2.24) is 20.5 Å². The van der Waals surface area contributed by atoms with E-state index in [4.69, 9.17) is 5.73 Å². The Morgan fingerprint density at radius 3 is 2.74 bits per heavy atom. The van der Waals surface area contributed by atoms with Crippen LogP contribution < -0.4 is 16.4 Å². The van der Waals surface area contributed by atoms with E-state index in [1.165, 1.54) is 4.90 Å². The molecule has 3 amide bonds. The lowest BCUT2D eigenvalue weighted by atomic mass is 10.0. The lowest BCUT2D eigenvalue weighted by Gasteiger charge is -2.25. The number of carboxylic acids is 1. The third-order valence-electron chi connectivity index (χ3n) is 5.38. The summed E-state index contributed by atoms with van der Waals surface area (Å²) < 4.78 is 0. The molecule has 3 rings (SSSR count). The Kier molecular flexibility index (Phi) is 6.91. The summed E-state index contributed by atoms with van der Waals surface area (Å²) in [5.74, 6) is -2.56. The first-order valence-electron chi connectivity index (χ1n) is 10.2. The van der Waals surface area contributed by atoms with Gasteiger partial charge in [-0.05, 0) is 31.4 Å². The minimum Gasteiger partial charge on any atom is -0.480 e. The molecule has 10 heteroatoms. The highest BCUT2D eigenvalue weighted by Gasteiger charge is 2.35. The number of amides is 3. The fourth-order valence-corrected chi connectivity index (χ4v) is 3.82. The molecular formula is C21H27N5O5. The van der Waals surface area contributed by atoms with Gasteiger partial charge in [0.1, 0.15) is 12.1 Å². The maximum absolute atomic E-state index is 12.5. The second-order valence-electron chi connectivity index (χ2n) is 7.72. The zero-order chi connectivity index (χ0) is 22.5. The maximum atomic E-state index is 12.5. The monoisotopic (exact) mass is 429 g/mol. The fourth-order valence-electron chi connectivity index (χ4n) is 3.82. The van der Waals surface area contributed by atoms with Crippen molar-refractivity contribution in [2.45, 2.75) is 44.3 Å². The highest BCUT2D eigenvalue weighted by atomic mass is 16.4. The molecule has 1 aromatic carbocycles. The number of carbonyl (C=O) groups excluding carboxylic acids is 3. The molecule has 0 saturated carbocycles. The summed E-state index contributed by atoms with van der Waals surface area (Å²) in [6.07, 6.45) is 2.98. The number of H-pyrrole nitrogens is 1. The Morgan fingerprint density at radius 2 is 2.03 bits per heavy atom. The van der Waals surface area contributed by atoms with Crippen LogP contribution in [0.5, 0.6) is 0 Å². The molecule has 3 atom stereocenters. The van der Waals surface area contributed by atoms with Crippen LogP contribution in [0.3, 0.4) is 0 Å². The van der Waals surface area contributed by atoms with Gasteiger partial charge in [0.05, 0.1) is 12.6 Å². The molecule has 0 aliphatic carbocycles. The van der Waals surface area contributed by atoms with Crippen molar-refractivity contribution in [2.75, 3.05) is 13.1 Å². The van der Waals surface area contributed by atoms with E-state index in [2.05, 4.69) is 15.6 Å². The normalized spacial score (nSPS) is 17.9. The van der Waals surface area contributed by atoms with E-state index < -0.39 is 35.9 Å². The summed E-state index contributed by atoms with van der Waals surface area (Å²) in [5.41, 5.74) is 7.27. The number of hydrogen-bond donors (Lipinski definition) is 5. The summed E-state index contributed by atoms with van der Waals surface area (Å²) in [4.78, 5) is 53.1. The Morgan fingerprint density at radius 1 is 1.29 bits per heavy atom. The molecule has 166 valence electrons. The average Bonchev–Trinajstić information content (AvgIpc) is 3.38. The molecule has 6 N–H and O–H groups in total. The minimum atomic E-state index is -1.17. The van der Waals surface area contributed by atoms with Gasteiger partial charge in [-0.3, -0.25) is 14.4 Å². The van der Waals surface area contributed by atoms with Crippen LogP contribution in [-0.2, 0) is 25.6 Å². The van der Waals surface area contributed by atoms with E-state index in [9.17, 15) is 24.3 Å². The molecule has 0 spiro atoms. The Bertz CT molecular complexity index is 985. The zero-order valence-corrected chi connectivity index (χ0v) is 17.3. The second-order valence-corrected chi connectivity index (χ2v) is 7.72. The number of nitrogens with two attached hydrogens (primary N) is 1. The number of fused-ring (bicyclic) bond motifs is 1. The molecule has 0 radical (unpaired) electrons. The smallest absolute Gasteiger partial charge is 0.326 e. The molecule has 31 heavy (non-hydrogen) atoms. The van der Waals surface area contributed by atoms with Crippen molar-refractivity contribution in [3.8, 4) is 0 Å². The summed E-state index contributed by atoms with van der Waals surface area (Å²) in [7, 11) is 0. The first-order chi connectivity index (χ1) is 14.8. The van der Waals surface area contributed by atoms with Gasteiger partial charge in [-0.1, -0.05) is 18.2 Å². The summed E-state index contributed by atoms with van der Waals surface area (Å²) in [6.45, 7) is 1.62. The average molecular weight is 429 g/mol. The van der Waals surface area contributed by atoms with E-state index in [0.29, 0.717) is 19.4 Å². The quantitative estimate of drug-likeness (QED) is 0.389. The van der Waals surface area contributed by atoms with Gasteiger partial charge in [-0.15, -0.1) is 0 Å². The number of benzene rings is 1. The number of carbonyl (C=O) groups is 4. The van der Waals surface area contributed by atoms with Crippen molar-refractivity contribution in [2.24, 2.45) is 5.73 Å².